The zero-order chi connectivity index (χ0) is 22.3. The van der Waals surface area contributed by atoms with Crippen LogP contribution < -0.4 is 19.5 Å². The Balaban J connectivity index is 1.39. The van der Waals surface area contributed by atoms with Gasteiger partial charge < -0.3 is 19.5 Å². The van der Waals surface area contributed by atoms with Crippen LogP contribution in [0.3, 0.4) is 0 Å². The monoisotopic (exact) mass is 431 g/mol. The van der Waals surface area contributed by atoms with Crippen LogP contribution in [-0.4, -0.2) is 39.7 Å². The van der Waals surface area contributed by atoms with Crippen LogP contribution in [0.2, 0.25) is 0 Å². The van der Waals surface area contributed by atoms with Crippen LogP contribution in [-0.2, 0) is 0 Å². The van der Waals surface area contributed by atoms with E-state index in [1.165, 1.54) is 5.56 Å². The number of para-hydroxylation sites is 1. The fraction of sp³-hybridized carbons (Fsp3) is 0.296. The summed E-state index contributed by atoms with van der Waals surface area (Å²) in [6.07, 6.45) is 0.800. The Morgan fingerprint density at radius 1 is 0.875 bits per heavy atom. The van der Waals surface area contributed by atoms with Gasteiger partial charge in [-0.25, -0.2) is 0 Å². The molecule has 0 fully saturated rings. The predicted molar refractivity (Wildman–Crippen MR) is 125 cm³/mol. The van der Waals surface area contributed by atoms with E-state index in [0.717, 1.165) is 17.5 Å². The normalized spacial score (nSPS) is 17.5. The molecule has 2 unspecified atom stereocenters. The number of hydrogen-bond donors (Lipinski definition) is 1. The third kappa shape index (κ3) is 4.63. The van der Waals surface area contributed by atoms with E-state index >= 15 is 0 Å². The summed E-state index contributed by atoms with van der Waals surface area (Å²) in [5, 5.41) is 3.41. The minimum atomic E-state index is -0.0732. The molecule has 0 saturated carbocycles. The molecule has 0 bridgehead atoms. The van der Waals surface area contributed by atoms with Gasteiger partial charge in [0, 0.05) is 30.5 Å². The molecule has 0 radical (unpaired) electrons. The second kappa shape index (κ2) is 10.3. The average Bonchev–Trinajstić information content (AvgIpc) is 2.85. The second-order valence-electron chi connectivity index (χ2n) is 7.89. The fourth-order valence-electron chi connectivity index (χ4n) is 4.40. The van der Waals surface area contributed by atoms with Crippen LogP contribution in [0.25, 0.3) is 0 Å². The molecular formula is C27H29NO4. The summed E-state index contributed by atoms with van der Waals surface area (Å²) in [6, 6.07) is 24.0. The van der Waals surface area contributed by atoms with Crippen LogP contribution in [0.1, 0.15) is 33.8 Å². The molecule has 1 N–H and O–H groups in total. The van der Waals surface area contributed by atoms with E-state index in [1.54, 1.807) is 14.2 Å². The number of ether oxygens (including phenoxy) is 3. The van der Waals surface area contributed by atoms with Crippen molar-refractivity contribution in [2.45, 2.75) is 12.3 Å². The maximum absolute atomic E-state index is 13.1. The van der Waals surface area contributed by atoms with E-state index in [4.69, 9.17) is 14.2 Å². The zero-order valence-corrected chi connectivity index (χ0v) is 18.5. The molecule has 1 aliphatic rings. The number of hydrogen-bond acceptors (Lipinski definition) is 5. The molecule has 5 nitrogen and oxygen atoms in total. The summed E-state index contributed by atoms with van der Waals surface area (Å²) in [6.45, 7) is 1.67. The minimum absolute atomic E-state index is 0.0732. The lowest BCUT2D eigenvalue weighted by Crippen LogP contribution is -2.35. The molecule has 32 heavy (non-hydrogen) atoms. The Bertz CT molecular complexity index is 1030. The minimum Gasteiger partial charge on any atom is -0.493 e. The van der Waals surface area contributed by atoms with Gasteiger partial charge in [-0.05, 0) is 29.7 Å². The van der Waals surface area contributed by atoms with Crippen molar-refractivity contribution in [2.24, 2.45) is 5.92 Å². The first-order valence-corrected chi connectivity index (χ1v) is 11.0. The van der Waals surface area contributed by atoms with Crippen molar-refractivity contribution < 1.29 is 19.0 Å². The summed E-state index contributed by atoms with van der Waals surface area (Å²) < 4.78 is 16.7. The molecule has 5 heteroatoms. The molecule has 0 spiro atoms. The number of nitrogens with one attached hydrogen (secondary N) is 1. The van der Waals surface area contributed by atoms with E-state index in [0.29, 0.717) is 36.9 Å². The number of benzene rings is 3. The molecule has 0 aromatic heterocycles. The third-order valence-corrected chi connectivity index (χ3v) is 5.99. The lowest BCUT2D eigenvalue weighted by Gasteiger charge is -2.31. The van der Waals surface area contributed by atoms with Gasteiger partial charge in [-0.1, -0.05) is 60.7 Å². The van der Waals surface area contributed by atoms with Gasteiger partial charge in [0.1, 0.15) is 6.61 Å². The lowest BCUT2D eigenvalue weighted by molar-refractivity contribution is 0.0894. The Kier molecular flexibility index (Phi) is 7.07. The molecule has 0 aliphatic heterocycles. The van der Waals surface area contributed by atoms with Gasteiger partial charge in [-0.3, -0.25) is 4.79 Å². The standard InChI is InChI=1S/C27H29NO4/c1-30-24-13-8-14-25(31-2)27(24)32-16-15-28-18-20-17-23(19-9-4-3-5-10-19)21-11-6-7-12-22(21)26(20)29/h3-14,20,23,28H,15-18H2,1-2H3. The quantitative estimate of drug-likeness (QED) is 0.498. The van der Waals surface area contributed by atoms with Gasteiger partial charge in [-0.2, -0.15) is 0 Å². The lowest BCUT2D eigenvalue weighted by atomic mass is 9.73. The smallest absolute Gasteiger partial charge is 0.203 e. The molecule has 0 saturated heterocycles. The van der Waals surface area contributed by atoms with E-state index < -0.39 is 0 Å². The van der Waals surface area contributed by atoms with Gasteiger partial charge >= 0.3 is 0 Å². The van der Waals surface area contributed by atoms with Crippen molar-refractivity contribution >= 4 is 5.78 Å². The second-order valence-corrected chi connectivity index (χ2v) is 7.89. The van der Waals surface area contributed by atoms with Crippen molar-refractivity contribution in [3.63, 3.8) is 0 Å². The first-order valence-electron chi connectivity index (χ1n) is 11.0. The molecule has 4 rings (SSSR count). The Morgan fingerprint density at radius 2 is 1.56 bits per heavy atom. The van der Waals surface area contributed by atoms with E-state index in [9.17, 15) is 4.79 Å². The Labute approximate surface area is 189 Å². The maximum atomic E-state index is 13.1. The highest BCUT2D eigenvalue weighted by molar-refractivity contribution is 6.01. The molecule has 3 aromatic rings. The summed E-state index contributed by atoms with van der Waals surface area (Å²) >= 11 is 0. The molecule has 1 aliphatic carbocycles. The summed E-state index contributed by atoms with van der Waals surface area (Å²) in [5.41, 5.74) is 3.23. The molecule has 2 atom stereocenters. The molecule has 0 amide bonds. The number of Topliss-reactive ketones (excluding diaryl/α,β-unsaturated/α-hetero) is 1. The van der Waals surface area contributed by atoms with E-state index in [2.05, 4.69) is 35.6 Å². The molecule has 3 aromatic carbocycles. The predicted octanol–water partition coefficient (Wildman–Crippen LogP) is 4.71. The summed E-state index contributed by atoms with van der Waals surface area (Å²) in [5.74, 6) is 2.23. The average molecular weight is 432 g/mol. The van der Waals surface area contributed by atoms with Crippen LogP contribution in [0.15, 0.2) is 72.8 Å². The van der Waals surface area contributed by atoms with Gasteiger partial charge in [-0.15, -0.1) is 0 Å². The van der Waals surface area contributed by atoms with Crippen LogP contribution in [0, 0.1) is 5.92 Å². The van der Waals surface area contributed by atoms with Gasteiger partial charge in [0.15, 0.2) is 17.3 Å². The fourth-order valence-corrected chi connectivity index (χ4v) is 4.40. The van der Waals surface area contributed by atoms with E-state index in [-0.39, 0.29) is 17.6 Å². The highest BCUT2D eigenvalue weighted by Gasteiger charge is 2.33. The Morgan fingerprint density at radius 3 is 2.28 bits per heavy atom. The number of rotatable bonds is 9. The van der Waals surface area contributed by atoms with Crippen molar-refractivity contribution in [1.82, 2.24) is 5.32 Å². The number of fused-ring (bicyclic) bond motifs is 1. The van der Waals surface area contributed by atoms with Crippen molar-refractivity contribution in [1.29, 1.82) is 0 Å². The summed E-state index contributed by atoms with van der Waals surface area (Å²) in [4.78, 5) is 13.1. The van der Waals surface area contributed by atoms with Gasteiger partial charge in [0.2, 0.25) is 5.75 Å². The SMILES string of the molecule is COc1cccc(OC)c1OCCNCC1CC(c2ccccc2)c2ccccc2C1=O. The molecular weight excluding hydrogens is 402 g/mol. The third-order valence-electron chi connectivity index (χ3n) is 5.99. The highest BCUT2D eigenvalue weighted by Crippen LogP contribution is 2.39. The molecule has 0 heterocycles. The van der Waals surface area contributed by atoms with Crippen molar-refractivity contribution in [2.75, 3.05) is 33.9 Å². The number of ketones is 1. The van der Waals surface area contributed by atoms with Gasteiger partial charge in [0.25, 0.3) is 0 Å². The van der Waals surface area contributed by atoms with Crippen molar-refractivity contribution in [3.05, 3.63) is 89.5 Å². The highest BCUT2D eigenvalue weighted by atomic mass is 16.5. The topological polar surface area (TPSA) is 56.8 Å². The zero-order valence-electron chi connectivity index (χ0n) is 18.5. The van der Waals surface area contributed by atoms with Crippen molar-refractivity contribution in [3.8, 4) is 17.2 Å². The van der Waals surface area contributed by atoms with Crippen LogP contribution >= 0.6 is 0 Å². The number of carbonyl (C=O) groups excluding carboxylic acids is 1. The maximum Gasteiger partial charge on any atom is 0.203 e. The number of carbonyl (C=O) groups is 1. The Hall–Kier alpha value is -3.31. The van der Waals surface area contributed by atoms with Gasteiger partial charge in [0.05, 0.1) is 14.2 Å². The van der Waals surface area contributed by atoms with Crippen LogP contribution in [0.4, 0.5) is 0 Å². The number of methoxy groups -OCH3 is 2. The van der Waals surface area contributed by atoms with Crippen LogP contribution in [0.5, 0.6) is 17.2 Å². The molecule has 166 valence electrons. The summed E-state index contributed by atoms with van der Waals surface area (Å²) in [7, 11) is 3.21. The van der Waals surface area contributed by atoms with E-state index in [1.807, 2.05) is 42.5 Å². The largest absolute Gasteiger partial charge is 0.493 e. The first-order chi connectivity index (χ1) is 15.7. The first kappa shape index (κ1) is 21.9.